The van der Waals surface area contributed by atoms with Crippen molar-refractivity contribution >= 4 is 11.9 Å². The Labute approximate surface area is 214 Å². The van der Waals surface area contributed by atoms with Crippen molar-refractivity contribution in [2.24, 2.45) is 11.8 Å². The standard InChI is InChI=1S/C28H40N4O4/c33-25(35-27-29-17-19-31(27)21-23-11-7-3-1-4-8-12-23)15-16-26(34)36-28-30-18-20-32(28)22-24-13-9-5-2-6-10-14-24/h15-20,23-24H,1-14,21-22H2/b16-15+. The topological polar surface area (TPSA) is 88.2 Å². The first kappa shape index (κ1) is 26.2. The van der Waals surface area contributed by atoms with Gasteiger partial charge in [-0.2, -0.15) is 0 Å². The van der Waals surface area contributed by atoms with Crippen LogP contribution in [-0.4, -0.2) is 31.0 Å². The van der Waals surface area contributed by atoms with Crippen molar-refractivity contribution in [3.8, 4) is 12.0 Å². The van der Waals surface area contributed by atoms with Crippen LogP contribution in [0, 0.1) is 11.8 Å². The summed E-state index contributed by atoms with van der Waals surface area (Å²) in [5.41, 5.74) is 0. The van der Waals surface area contributed by atoms with Crippen LogP contribution in [0.4, 0.5) is 0 Å². The lowest BCUT2D eigenvalue weighted by molar-refractivity contribution is -0.132. The van der Waals surface area contributed by atoms with Crippen molar-refractivity contribution in [3.05, 3.63) is 36.9 Å². The molecule has 2 heterocycles. The Morgan fingerprint density at radius 2 is 1.03 bits per heavy atom. The highest BCUT2D eigenvalue weighted by Gasteiger charge is 2.17. The van der Waals surface area contributed by atoms with Crippen LogP contribution in [0.2, 0.25) is 0 Å². The highest BCUT2D eigenvalue weighted by molar-refractivity contribution is 5.93. The summed E-state index contributed by atoms with van der Waals surface area (Å²) in [5, 5.41) is 0. The van der Waals surface area contributed by atoms with Gasteiger partial charge in [0, 0.05) is 50.0 Å². The van der Waals surface area contributed by atoms with Crippen LogP contribution in [0.3, 0.4) is 0 Å². The first-order valence-electron chi connectivity index (χ1n) is 13.8. The maximum Gasteiger partial charge on any atom is 0.338 e. The van der Waals surface area contributed by atoms with Gasteiger partial charge in [-0.1, -0.05) is 64.2 Å². The highest BCUT2D eigenvalue weighted by atomic mass is 16.6. The van der Waals surface area contributed by atoms with Gasteiger partial charge in [-0.05, 0) is 37.5 Å². The predicted octanol–water partition coefficient (Wildman–Crippen LogP) is 5.87. The number of rotatable bonds is 8. The third-order valence-electron chi connectivity index (χ3n) is 7.45. The molecule has 0 N–H and O–H groups in total. The lowest BCUT2D eigenvalue weighted by Gasteiger charge is -2.20. The molecule has 0 radical (unpaired) electrons. The summed E-state index contributed by atoms with van der Waals surface area (Å²) in [6, 6.07) is 0.518. The average molecular weight is 497 g/mol. The van der Waals surface area contributed by atoms with Gasteiger partial charge in [0.1, 0.15) is 0 Å². The van der Waals surface area contributed by atoms with E-state index in [2.05, 4.69) is 9.97 Å². The largest absolute Gasteiger partial charge is 0.389 e. The molecular weight excluding hydrogens is 456 g/mol. The van der Waals surface area contributed by atoms with E-state index in [9.17, 15) is 9.59 Å². The fraction of sp³-hybridized carbons (Fsp3) is 0.643. The summed E-state index contributed by atoms with van der Waals surface area (Å²) in [5.74, 6) is -0.188. The van der Waals surface area contributed by atoms with E-state index in [1.807, 2.05) is 21.5 Å². The third kappa shape index (κ3) is 8.35. The molecule has 36 heavy (non-hydrogen) atoms. The maximum absolute atomic E-state index is 12.4. The summed E-state index contributed by atoms with van der Waals surface area (Å²) >= 11 is 0. The molecule has 4 rings (SSSR count). The van der Waals surface area contributed by atoms with E-state index >= 15 is 0 Å². The molecule has 0 saturated heterocycles. The zero-order chi connectivity index (χ0) is 25.0. The highest BCUT2D eigenvalue weighted by Crippen LogP contribution is 2.26. The fourth-order valence-corrected chi connectivity index (χ4v) is 5.47. The summed E-state index contributed by atoms with van der Waals surface area (Å²) in [4.78, 5) is 33.1. The zero-order valence-corrected chi connectivity index (χ0v) is 21.4. The lowest BCUT2D eigenvalue weighted by atomic mass is 9.91. The number of carbonyl (C=O) groups excluding carboxylic acids is 2. The Morgan fingerprint density at radius 1 is 0.667 bits per heavy atom. The summed E-state index contributed by atoms with van der Waals surface area (Å²) in [7, 11) is 0. The normalized spacial score (nSPS) is 18.8. The molecule has 2 fully saturated rings. The number of nitrogens with zero attached hydrogens (tertiary/aromatic N) is 4. The Hall–Kier alpha value is -2.90. The van der Waals surface area contributed by atoms with E-state index in [1.165, 1.54) is 89.9 Å². The van der Waals surface area contributed by atoms with Crippen molar-refractivity contribution in [2.45, 2.75) is 103 Å². The molecule has 2 aromatic heterocycles. The SMILES string of the molecule is O=C(/C=C/C(=O)Oc1nccn1CC1CCCCCCC1)Oc1nccn1CC1CCCCCCC1. The molecular formula is C28H40N4O4. The Balaban J connectivity index is 1.26. The maximum atomic E-state index is 12.4. The van der Waals surface area contributed by atoms with Gasteiger partial charge in [0.15, 0.2) is 0 Å². The van der Waals surface area contributed by atoms with Crippen LogP contribution < -0.4 is 9.47 Å². The van der Waals surface area contributed by atoms with Crippen LogP contribution in [0.5, 0.6) is 12.0 Å². The Bertz CT molecular complexity index is 901. The van der Waals surface area contributed by atoms with Crippen molar-refractivity contribution in [3.63, 3.8) is 0 Å². The first-order valence-corrected chi connectivity index (χ1v) is 13.8. The number of esters is 2. The molecule has 8 heteroatoms. The minimum atomic E-state index is -0.657. The smallest absolute Gasteiger partial charge is 0.338 e. The molecule has 8 nitrogen and oxygen atoms in total. The molecule has 0 bridgehead atoms. The van der Waals surface area contributed by atoms with E-state index in [0.717, 1.165) is 25.2 Å². The zero-order valence-electron chi connectivity index (χ0n) is 21.4. The van der Waals surface area contributed by atoms with E-state index in [-0.39, 0.29) is 12.0 Å². The molecule has 2 aliphatic carbocycles. The van der Waals surface area contributed by atoms with Gasteiger partial charge in [-0.15, -0.1) is 0 Å². The third-order valence-corrected chi connectivity index (χ3v) is 7.45. The number of ether oxygens (including phenoxy) is 2. The number of hydrogen-bond donors (Lipinski definition) is 0. The average Bonchev–Trinajstić information content (AvgIpc) is 3.45. The van der Waals surface area contributed by atoms with Crippen LogP contribution in [0.1, 0.15) is 89.9 Å². The molecule has 196 valence electrons. The molecule has 0 aromatic carbocycles. The number of aromatic nitrogens is 4. The van der Waals surface area contributed by atoms with Gasteiger partial charge in [0.05, 0.1) is 0 Å². The van der Waals surface area contributed by atoms with E-state index in [4.69, 9.17) is 9.47 Å². The minimum Gasteiger partial charge on any atom is -0.389 e. The molecule has 0 unspecified atom stereocenters. The predicted molar refractivity (Wildman–Crippen MR) is 136 cm³/mol. The molecule has 2 aliphatic rings. The van der Waals surface area contributed by atoms with Crippen molar-refractivity contribution in [1.82, 2.24) is 19.1 Å². The number of carbonyl (C=O) groups is 2. The van der Waals surface area contributed by atoms with Crippen molar-refractivity contribution in [1.29, 1.82) is 0 Å². The summed E-state index contributed by atoms with van der Waals surface area (Å²) < 4.78 is 14.6. The molecule has 0 atom stereocenters. The minimum absolute atomic E-state index is 0.259. The second kappa shape index (κ2) is 14.0. The fourth-order valence-electron chi connectivity index (χ4n) is 5.47. The van der Waals surface area contributed by atoms with Crippen LogP contribution >= 0.6 is 0 Å². The van der Waals surface area contributed by atoms with Crippen molar-refractivity contribution < 1.29 is 19.1 Å². The molecule has 0 aliphatic heterocycles. The van der Waals surface area contributed by atoms with Gasteiger partial charge in [0.2, 0.25) is 0 Å². The molecule has 2 aromatic rings. The monoisotopic (exact) mass is 496 g/mol. The van der Waals surface area contributed by atoms with Gasteiger partial charge in [-0.3, -0.25) is 0 Å². The van der Waals surface area contributed by atoms with Gasteiger partial charge in [0.25, 0.3) is 0 Å². The van der Waals surface area contributed by atoms with Gasteiger partial charge >= 0.3 is 24.0 Å². The second-order valence-corrected chi connectivity index (χ2v) is 10.3. The number of hydrogen-bond acceptors (Lipinski definition) is 6. The summed E-state index contributed by atoms with van der Waals surface area (Å²) in [6.07, 6.45) is 26.7. The van der Waals surface area contributed by atoms with Gasteiger partial charge < -0.3 is 18.6 Å². The molecule has 2 saturated carbocycles. The Morgan fingerprint density at radius 3 is 1.42 bits per heavy atom. The quantitative estimate of drug-likeness (QED) is 0.336. The van der Waals surface area contributed by atoms with Crippen LogP contribution in [0.25, 0.3) is 0 Å². The second-order valence-electron chi connectivity index (χ2n) is 10.3. The van der Waals surface area contributed by atoms with Crippen LogP contribution in [-0.2, 0) is 22.7 Å². The lowest BCUT2D eigenvalue weighted by Crippen LogP contribution is -2.16. The van der Waals surface area contributed by atoms with Crippen LogP contribution in [0.15, 0.2) is 36.9 Å². The Kier molecular flexibility index (Phi) is 10.2. The van der Waals surface area contributed by atoms with E-state index < -0.39 is 11.9 Å². The first-order chi connectivity index (χ1) is 17.7. The van der Waals surface area contributed by atoms with E-state index in [1.54, 1.807) is 12.4 Å². The number of imidazole rings is 2. The molecule has 0 spiro atoms. The summed E-state index contributed by atoms with van der Waals surface area (Å²) in [6.45, 7) is 1.58. The van der Waals surface area contributed by atoms with E-state index in [0.29, 0.717) is 11.8 Å². The van der Waals surface area contributed by atoms with Crippen molar-refractivity contribution in [2.75, 3.05) is 0 Å². The molecule has 0 amide bonds. The van der Waals surface area contributed by atoms with Gasteiger partial charge in [-0.25, -0.2) is 19.6 Å².